The lowest BCUT2D eigenvalue weighted by Gasteiger charge is -2.13. The molecule has 0 bridgehead atoms. The minimum Gasteiger partial charge on any atom is -0.392 e. The third kappa shape index (κ3) is 1.62. The molecule has 3 nitrogen and oxygen atoms in total. The topological polar surface area (TPSA) is 43.4 Å². The average molecular weight is 218 g/mol. The number of hydrogen-bond acceptors (Lipinski definition) is 3. The molecule has 0 aromatic heterocycles. The van der Waals surface area contributed by atoms with E-state index in [0.717, 1.165) is 17.5 Å². The van der Waals surface area contributed by atoms with Crippen molar-refractivity contribution in [3.63, 3.8) is 0 Å². The predicted molar refractivity (Wildman–Crippen MR) is 58.8 cm³/mol. The summed E-state index contributed by atoms with van der Waals surface area (Å²) in [5.41, 5.74) is 2.03. The van der Waals surface area contributed by atoms with Gasteiger partial charge in [-0.15, -0.1) is 0 Å². The smallest absolute Gasteiger partial charge is 0.321 e. The SMILES string of the molecule is CCc1ccccc1C1C(=O)OC(=O)C1C. The van der Waals surface area contributed by atoms with Gasteiger partial charge in [-0.3, -0.25) is 9.59 Å². The summed E-state index contributed by atoms with van der Waals surface area (Å²) in [6, 6.07) is 7.71. The van der Waals surface area contributed by atoms with Crippen molar-refractivity contribution in [3.05, 3.63) is 35.4 Å². The van der Waals surface area contributed by atoms with Crippen molar-refractivity contribution in [1.29, 1.82) is 0 Å². The molecule has 1 aliphatic rings. The molecule has 2 atom stereocenters. The largest absolute Gasteiger partial charge is 0.392 e. The zero-order chi connectivity index (χ0) is 11.7. The predicted octanol–water partition coefficient (Wildman–Crippen LogP) is 2.05. The molecule has 1 saturated heterocycles. The van der Waals surface area contributed by atoms with E-state index in [1.165, 1.54) is 0 Å². The fourth-order valence-electron chi connectivity index (χ4n) is 2.15. The normalized spacial score (nSPS) is 24.6. The summed E-state index contributed by atoms with van der Waals surface area (Å²) in [5, 5.41) is 0. The average Bonchev–Trinajstić information content (AvgIpc) is 2.53. The maximum absolute atomic E-state index is 11.6. The van der Waals surface area contributed by atoms with Crippen molar-refractivity contribution in [2.75, 3.05) is 0 Å². The van der Waals surface area contributed by atoms with Gasteiger partial charge in [-0.2, -0.15) is 0 Å². The molecule has 16 heavy (non-hydrogen) atoms. The highest BCUT2D eigenvalue weighted by Gasteiger charge is 2.42. The number of hydrogen-bond donors (Lipinski definition) is 0. The van der Waals surface area contributed by atoms with Crippen LogP contribution in [0, 0.1) is 5.92 Å². The summed E-state index contributed by atoms with van der Waals surface area (Å²) in [6.45, 7) is 3.77. The second-order valence-corrected chi connectivity index (χ2v) is 4.06. The van der Waals surface area contributed by atoms with Crippen LogP contribution >= 0.6 is 0 Å². The van der Waals surface area contributed by atoms with Crippen LogP contribution in [0.15, 0.2) is 24.3 Å². The number of benzene rings is 1. The van der Waals surface area contributed by atoms with Crippen LogP contribution in [0.2, 0.25) is 0 Å². The molecule has 1 aromatic rings. The first-order valence-corrected chi connectivity index (χ1v) is 5.48. The first kappa shape index (κ1) is 10.9. The quantitative estimate of drug-likeness (QED) is 0.563. The van der Waals surface area contributed by atoms with Crippen LogP contribution in [0.5, 0.6) is 0 Å². The number of carbonyl (C=O) groups is 2. The fourth-order valence-corrected chi connectivity index (χ4v) is 2.15. The van der Waals surface area contributed by atoms with Gasteiger partial charge in [0.15, 0.2) is 0 Å². The third-order valence-corrected chi connectivity index (χ3v) is 3.10. The van der Waals surface area contributed by atoms with Gasteiger partial charge >= 0.3 is 11.9 Å². The Labute approximate surface area is 94.4 Å². The highest BCUT2D eigenvalue weighted by Crippen LogP contribution is 2.34. The number of aryl methyl sites for hydroxylation is 1. The maximum Gasteiger partial charge on any atom is 0.321 e. The highest BCUT2D eigenvalue weighted by molar-refractivity contribution is 5.99. The molecule has 1 aliphatic heterocycles. The molecule has 0 radical (unpaired) electrons. The Morgan fingerprint density at radius 1 is 1.19 bits per heavy atom. The molecular weight excluding hydrogens is 204 g/mol. The second-order valence-electron chi connectivity index (χ2n) is 4.06. The summed E-state index contributed by atoms with van der Waals surface area (Å²) in [4.78, 5) is 22.9. The van der Waals surface area contributed by atoms with E-state index in [-0.39, 0.29) is 5.92 Å². The van der Waals surface area contributed by atoms with E-state index in [2.05, 4.69) is 4.74 Å². The zero-order valence-electron chi connectivity index (χ0n) is 9.40. The third-order valence-electron chi connectivity index (χ3n) is 3.10. The molecule has 1 fully saturated rings. The first-order chi connectivity index (χ1) is 7.65. The summed E-state index contributed by atoms with van der Waals surface area (Å²) >= 11 is 0. The van der Waals surface area contributed by atoms with Crippen molar-refractivity contribution in [1.82, 2.24) is 0 Å². The summed E-state index contributed by atoms with van der Waals surface area (Å²) < 4.78 is 4.66. The minimum atomic E-state index is -0.427. The highest BCUT2D eigenvalue weighted by atomic mass is 16.6. The van der Waals surface area contributed by atoms with Crippen LogP contribution in [0.25, 0.3) is 0 Å². The van der Waals surface area contributed by atoms with E-state index in [1.54, 1.807) is 6.92 Å². The Hall–Kier alpha value is -1.64. The van der Waals surface area contributed by atoms with Gasteiger partial charge < -0.3 is 4.74 Å². The molecule has 0 spiro atoms. The van der Waals surface area contributed by atoms with Crippen molar-refractivity contribution in [2.45, 2.75) is 26.2 Å². The Morgan fingerprint density at radius 2 is 1.88 bits per heavy atom. The van der Waals surface area contributed by atoms with Crippen molar-refractivity contribution >= 4 is 11.9 Å². The Bertz CT molecular complexity index is 437. The van der Waals surface area contributed by atoms with E-state index in [0.29, 0.717) is 0 Å². The number of ether oxygens (including phenoxy) is 1. The first-order valence-electron chi connectivity index (χ1n) is 5.48. The number of carbonyl (C=O) groups excluding carboxylic acids is 2. The van der Waals surface area contributed by atoms with Crippen LogP contribution in [0.3, 0.4) is 0 Å². The van der Waals surface area contributed by atoms with Crippen LogP contribution in [-0.2, 0) is 20.7 Å². The molecule has 0 N–H and O–H groups in total. The van der Waals surface area contributed by atoms with E-state index in [1.807, 2.05) is 31.2 Å². The zero-order valence-corrected chi connectivity index (χ0v) is 9.40. The van der Waals surface area contributed by atoms with Crippen molar-refractivity contribution in [3.8, 4) is 0 Å². The van der Waals surface area contributed by atoms with Crippen molar-refractivity contribution < 1.29 is 14.3 Å². The molecule has 1 aromatic carbocycles. The van der Waals surface area contributed by atoms with Crippen molar-refractivity contribution in [2.24, 2.45) is 5.92 Å². The second kappa shape index (κ2) is 4.08. The van der Waals surface area contributed by atoms with Gasteiger partial charge in [-0.25, -0.2) is 0 Å². The summed E-state index contributed by atoms with van der Waals surface area (Å²) in [6.07, 6.45) is 0.848. The summed E-state index contributed by atoms with van der Waals surface area (Å²) in [7, 11) is 0. The van der Waals surface area contributed by atoms with Gasteiger partial charge in [0.25, 0.3) is 0 Å². The van der Waals surface area contributed by atoms with Crippen LogP contribution in [0.4, 0.5) is 0 Å². The molecule has 0 saturated carbocycles. The van der Waals surface area contributed by atoms with E-state index < -0.39 is 17.9 Å². The monoisotopic (exact) mass is 218 g/mol. The summed E-state index contributed by atoms with van der Waals surface area (Å²) in [5.74, 6) is -1.64. The standard InChI is InChI=1S/C13H14O3/c1-3-9-6-4-5-7-10(9)11-8(2)12(14)16-13(11)15/h4-8,11H,3H2,1-2H3. The molecule has 0 amide bonds. The van der Waals surface area contributed by atoms with Gasteiger partial charge in [0.1, 0.15) is 0 Å². The number of rotatable bonds is 2. The van der Waals surface area contributed by atoms with Gasteiger partial charge in [-0.1, -0.05) is 38.1 Å². The van der Waals surface area contributed by atoms with Crippen LogP contribution < -0.4 is 0 Å². The molecule has 1 heterocycles. The Balaban J connectivity index is 2.44. The maximum atomic E-state index is 11.6. The molecule has 84 valence electrons. The van der Waals surface area contributed by atoms with Gasteiger partial charge in [0.05, 0.1) is 11.8 Å². The Morgan fingerprint density at radius 3 is 2.44 bits per heavy atom. The van der Waals surface area contributed by atoms with Gasteiger partial charge in [0, 0.05) is 0 Å². The molecule has 2 rings (SSSR count). The number of esters is 2. The van der Waals surface area contributed by atoms with E-state index in [9.17, 15) is 9.59 Å². The lowest BCUT2D eigenvalue weighted by Crippen LogP contribution is -2.14. The van der Waals surface area contributed by atoms with Crippen LogP contribution in [0.1, 0.15) is 30.9 Å². The fraction of sp³-hybridized carbons (Fsp3) is 0.385. The lowest BCUT2D eigenvalue weighted by molar-refractivity contribution is -0.153. The molecule has 0 aliphatic carbocycles. The van der Waals surface area contributed by atoms with Gasteiger partial charge in [0.2, 0.25) is 0 Å². The Kier molecular flexibility index (Phi) is 2.77. The van der Waals surface area contributed by atoms with E-state index >= 15 is 0 Å². The molecule has 2 unspecified atom stereocenters. The number of cyclic esters (lactones) is 2. The van der Waals surface area contributed by atoms with E-state index in [4.69, 9.17) is 0 Å². The molecular formula is C13H14O3. The lowest BCUT2D eigenvalue weighted by atomic mass is 9.86. The molecule has 3 heteroatoms. The minimum absolute atomic E-state index is 0.375. The van der Waals surface area contributed by atoms with Crippen LogP contribution in [-0.4, -0.2) is 11.9 Å². The van der Waals surface area contributed by atoms with Gasteiger partial charge in [-0.05, 0) is 17.5 Å².